The molecule has 0 saturated carbocycles. The molecule has 1 unspecified atom stereocenters. The lowest BCUT2D eigenvalue weighted by Gasteiger charge is -2.40. The van der Waals surface area contributed by atoms with Gasteiger partial charge in [-0.25, -0.2) is 4.98 Å². The second-order valence-electron chi connectivity index (χ2n) is 17.8. The lowest BCUT2D eigenvalue weighted by Crippen LogP contribution is -2.34. The lowest BCUT2D eigenvalue weighted by molar-refractivity contribution is 0.435. The van der Waals surface area contributed by atoms with E-state index in [1.807, 2.05) is 60.9 Å². The zero-order valence-electron chi connectivity index (χ0n) is 36.5. The molecule has 7 heterocycles. The van der Waals surface area contributed by atoms with E-state index in [0.717, 1.165) is 122 Å². The molecule has 9 nitrogen and oxygen atoms in total. The molecular formula is C60H32N8O. The van der Waals surface area contributed by atoms with Gasteiger partial charge in [-0.15, -0.1) is 0 Å². The summed E-state index contributed by atoms with van der Waals surface area (Å²) in [6, 6.07) is 65.6. The van der Waals surface area contributed by atoms with Gasteiger partial charge in [-0.2, -0.15) is 10.5 Å². The molecule has 0 N–H and O–H groups in total. The van der Waals surface area contributed by atoms with E-state index in [4.69, 9.17) is 14.7 Å². The van der Waals surface area contributed by atoms with Gasteiger partial charge in [0.1, 0.15) is 23.3 Å². The van der Waals surface area contributed by atoms with Crippen molar-refractivity contribution in [3.05, 3.63) is 228 Å². The fourth-order valence-corrected chi connectivity index (χ4v) is 11.8. The number of benzene rings is 7. The van der Waals surface area contributed by atoms with E-state index in [0.29, 0.717) is 17.0 Å². The van der Waals surface area contributed by atoms with Gasteiger partial charge in [-0.05, 0) is 84.4 Å². The first kappa shape index (κ1) is 37.4. The van der Waals surface area contributed by atoms with Gasteiger partial charge in [-0.3, -0.25) is 9.97 Å². The maximum absolute atomic E-state index is 9.98. The monoisotopic (exact) mass is 880 g/mol. The van der Waals surface area contributed by atoms with Gasteiger partial charge >= 0.3 is 0 Å². The Balaban J connectivity index is 1.07. The van der Waals surface area contributed by atoms with Gasteiger partial charge < -0.3 is 18.4 Å². The molecule has 7 aromatic carbocycles. The molecule has 15 rings (SSSR count). The molecule has 0 radical (unpaired) electrons. The SMILES string of the molecule is N#Cc1ccc2c(c1)c1ccccc1n2-c1cnc2c(c1)C1(c3ccc(-n4c5ccccc5c5cc(C#N)ncc54)cc3Oc3cccc(-n4c5ccccc5c5ccccc54)c31)c1cccnc1-2. The van der Waals surface area contributed by atoms with Gasteiger partial charge in [0.2, 0.25) is 0 Å². The van der Waals surface area contributed by atoms with Crippen molar-refractivity contribution in [2.24, 2.45) is 0 Å². The van der Waals surface area contributed by atoms with Crippen molar-refractivity contribution in [2.45, 2.75) is 5.41 Å². The summed E-state index contributed by atoms with van der Waals surface area (Å²) in [6.07, 6.45) is 5.60. The molecule has 9 heteroatoms. The summed E-state index contributed by atoms with van der Waals surface area (Å²) in [7, 11) is 0. The van der Waals surface area contributed by atoms with E-state index < -0.39 is 5.41 Å². The van der Waals surface area contributed by atoms with Crippen molar-refractivity contribution in [3.63, 3.8) is 0 Å². The average molecular weight is 881 g/mol. The number of pyridine rings is 3. The van der Waals surface area contributed by atoms with Crippen LogP contribution in [0.3, 0.4) is 0 Å². The van der Waals surface area contributed by atoms with Crippen LogP contribution < -0.4 is 4.74 Å². The summed E-state index contributed by atoms with van der Waals surface area (Å²) in [5.41, 5.74) is 14.3. The molecule has 1 aliphatic heterocycles. The van der Waals surface area contributed by atoms with Crippen molar-refractivity contribution in [1.82, 2.24) is 28.7 Å². The highest BCUT2D eigenvalue weighted by Gasteiger charge is 2.54. The number of para-hydroxylation sites is 4. The Morgan fingerprint density at radius 2 is 1.06 bits per heavy atom. The number of hydrogen-bond acceptors (Lipinski definition) is 6. The van der Waals surface area contributed by atoms with Crippen LogP contribution in [0.4, 0.5) is 0 Å². The van der Waals surface area contributed by atoms with E-state index in [1.165, 1.54) is 0 Å². The molecule has 13 aromatic rings. The van der Waals surface area contributed by atoms with Crippen LogP contribution in [0.5, 0.6) is 11.5 Å². The molecule has 0 saturated heterocycles. The van der Waals surface area contributed by atoms with E-state index in [2.05, 4.69) is 158 Å². The summed E-state index contributed by atoms with van der Waals surface area (Å²) in [5.74, 6) is 1.41. The summed E-state index contributed by atoms with van der Waals surface area (Å²) in [4.78, 5) is 15.1. The molecule has 0 amide bonds. The van der Waals surface area contributed by atoms with Gasteiger partial charge in [0, 0.05) is 67.0 Å². The highest BCUT2D eigenvalue weighted by Crippen LogP contribution is 2.63. The minimum Gasteiger partial charge on any atom is -0.457 e. The molecule has 0 fully saturated rings. The molecular weight excluding hydrogens is 849 g/mol. The topological polar surface area (TPSA) is 110 Å². The summed E-state index contributed by atoms with van der Waals surface area (Å²) >= 11 is 0. The van der Waals surface area contributed by atoms with Crippen LogP contribution in [0, 0.1) is 22.7 Å². The fraction of sp³-hybridized carbons (Fsp3) is 0.0167. The summed E-state index contributed by atoms with van der Waals surface area (Å²) < 4.78 is 14.2. The molecule has 318 valence electrons. The Morgan fingerprint density at radius 3 is 1.77 bits per heavy atom. The second kappa shape index (κ2) is 13.6. The zero-order valence-corrected chi connectivity index (χ0v) is 36.5. The largest absolute Gasteiger partial charge is 0.457 e. The lowest BCUT2D eigenvalue weighted by atomic mass is 9.65. The number of aromatic nitrogens is 6. The quantitative estimate of drug-likeness (QED) is 0.175. The number of rotatable bonds is 3. The van der Waals surface area contributed by atoms with Crippen LogP contribution in [0.1, 0.15) is 33.5 Å². The van der Waals surface area contributed by atoms with E-state index in [-0.39, 0.29) is 0 Å². The van der Waals surface area contributed by atoms with Gasteiger partial charge in [0.05, 0.1) is 85.3 Å². The fourth-order valence-electron chi connectivity index (χ4n) is 11.8. The standard InChI is InChI=1S/C60H32N8O/c61-31-35-22-25-52-43(27-35)41-13-3-6-17-49(41)67(52)38-29-47-59(65-33-38)58-46(15-10-26-63-58)60(47)45-24-23-37(66-48-16-5-4-14-42(48)44-28-36(32-62)64-34-54(44)66)30-56(45)69-55-21-9-20-53(57(55)60)68-50-18-7-1-11-39(50)40-12-2-8-19-51(40)68/h1-30,33-34H. The maximum Gasteiger partial charge on any atom is 0.141 e. The van der Waals surface area contributed by atoms with E-state index in [1.54, 1.807) is 6.20 Å². The third kappa shape index (κ3) is 4.82. The minimum absolute atomic E-state index is 0.366. The van der Waals surface area contributed by atoms with Crippen LogP contribution in [0.25, 0.3) is 93.9 Å². The van der Waals surface area contributed by atoms with Crippen molar-refractivity contribution in [1.29, 1.82) is 10.5 Å². The number of ether oxygens (including phenoxy) is 1. The van der Waals surface area contributed by atoms with Gasteiger partial charge in [-0.1, -0.05) is 91.0 Å². The summed E-state index contributed by atoms with van der Waals surface area (Å²) in [5, 5.41) is 26.2. The smallest absolute Gasteiger partial charge is 0.141 e. The van der Waals surface area contributed by atoms with E-state index >= 15 is 0 Å². The molecule has 1 aliphatic carbocycles. The van der Waals surface area contributed by atoms with Gasteiger partial charge in [0.25, 0.3) is 0 Å². The molecule has 69 heavy (non-hydrogen) atoms. The predicted octanol–water partition coefficient (Wildman–Crippen LogP) is 13.4. The predicted molar refractivity (Wildman–Crippen MR) is 270 cm³/mol. The molecule has 2 aliphatic rings. The summed E-state index contributed by atoms with van der Waals surface area (Å²) in [6.45, 7) is 0. The normalized spacial score (nSPS) is 14.5. The van der Waals surface area contributed by atoms with E-state index in [9.17, 15) is 10.5 Å². The highest BCUT2D eigenvalue weighted by atomic mass is 16.5. The first-order valence-electron chi connectivity index (χ1n) is 22.8. The number of hydrogen-bond donors (Lipinski definition) is 0. The Bertz CT molecular complexity index is 4470. The number of nitrogens with zero attached hydrogens (tertiary/aromatic N) is 8. The maximum atomic E-state index is 9.98. The number of fused-ring (bicyclic) bond motifs is 18. The zero-order chi connectivity index (χ0) is 45.5. The van der Waals surface area contributed by atoms with Crippen molar-refractivity contribution in [3.8, 4) is 52.1 Å². The van der Waals surface area contributed by atoms with Gasteiger partial charge in [0.15, 0.2) is 0 Å². The van der Waals surface area contributed by atoms with Crippen LogP contribution in [-0.2, 0) is 5.41 Å². The Kier molecular flexibility index (Phi) is 7.38. The van der Waals surface area contributed by atoms with Crippen LogP contribution >= 0.6 is 0 Å². The first-order valence-corrected chi connectivity index (χ1v) is 22.8. The average Bonchev–Trinajstić information content (AvgIpc) is 4.12. The van der Waals surface area contributed by atoms with Crippen LogP contribution in [-0.4, -0.2) is 28.7 Å². The van der Waals surface area contributed by atoms with Crippen molar-refractivity contribution < 1.29 is 4.74 Å². The van der Waals surface area contributed by atoms with Crippen LogP contribution in [0.15, 0.2) is 195 Å². The van der Waals surface area contributed by atoms with Crippen molar-refractivity contribution >= 4 is 65.4 Å². The minimum atomic E-state index is -0.997. The Labute approximate surface area is 393 Å². The molecule has 1 atom stereocenters. The van der Waals surface area contributed by atoms with Crippen LogP contribution in [0.2, 0.25) is 0 Å². The molecule has 6 aromatic heterocycles. The third-order valence-electron chi connectivity index (χ3n) is 14.5. The Hall–Kier alpha value is -9.83. The number of nitriles is 2. The van der Waals surface area contributed by atoms with Crippen molar-refractivity contribution in [2.75, 3.05) is 0 Å². The second-order valence-corrected chi connectivity index (χ2v) is 17.8. The Morgan fingerprint density at radius 1 is 0.420 bits per heavy atom. The third-order valence-corrected chi connectivity index (χ3v) is 14.5. The highest BCUT2D eigenvalue weighted by molar-refractivity contribution is 6.12. The molecule has 1 spiro atoms. The molecule has 0 bridgehead atoms. The first-order chi connectivity index (χ1) is 34.1.